The zero-order chi connectivity index (χ0) is 22.5. The number of thiophene rings is 1. The Morgan fingerprint density at radius 2 is 1.81 bits per heavy atom. The molecule has 0 saturated heterocycles. The normalized spacial score (nSPS) is 10.6. The van der Waals surface area contributed by atoms with Gasteiger partial charge in [0, 0.05) is 15.4 Å². The third kappa shape index (κ3) is 5.54. The van der Waals surface area contributed by atoms with Crippen LogP contribution in [-0.4, -0.2) is 25.1 Å². The average Bonchev–Trinajstić information content (AvgIpc) is 3.14. The molecule has 2 aromatic carbocycles. The highest BCUT2D eigenvalue weighted by molar-refractivity contribution is 9.10. The van der Waals surface area contributed by atoms with Gasteiger partial charge in [-0.1, -0.05) is 34.1 Å². The highest BCUT2D eigenvalue weighted by atomic mass is 79.9. The molecule has 3 aromatic rings. The molecular formula is C24H24BrNO4S. The number of halogens is 1. The highest BCUT2D eigenvalue weighted by Gasteiger charge is 2.23. The molecule has 5 nitrogen and oxygen atoms in total. The van der Waals surface area contributed by atoms with Crippen molar-refractivity contribution in [1.82, 2.24) is 0 Å². The zero-order valence-electron chi connectivity index (χ0n) is 17.9. The largest absolute Gasteiger partial charge is 0.484 e. The summed E-state index contributed by atoms with van der Waals surface area (Å²) in [6.45, 7) is 7.85. The summed E-state index contributed by atoms with van der Waals surface area (Å²) in [7, 11) is 0. The summed E-state index contributed by atoms with van der Waals surface area (Å²) in [6.07, 6.45) is 0. The van der Waals surface area contributed by atoms with E-state index in [1.165, 1.54) is 16.9 Å². The van der Waals surface area contributed by atoms with Crippen molar-refractivity contribution in [3.63, 3.8) is 0 Å². The summed E-state index contributed by atoms with van der Waals surface area (Å²) in [4.78, 5) is 25.2. The number of aryl methyl sites for hydroxylation is 3. The van der Waals surface area contributed by atoms with E-state index < -0.39 is 5.97 Å². The fourth-order valence-electron chi connectivity index (χ4n) is 3.00. The molecule has 0 radical (unpaired) electrons. The number of anilines is 1. The molecule has 0 bridgehead atoms. The van der Waals surface area contributed by atoms with E-state index in [0.29, 0.717) is 16.3 Å². The van der Waals surface area contributed by atoms with Gasteiger partial charge in [0.1, 0.15) is 16.3 Å². The summed E-state index contributed by atoms with van der Waals surface area (Å²) < 4.78 is 11.8. The number of amides is 1. The molecule has 0 saturated carbocycles. The Bertz CT molecular complexity index is 1120. The van der Waals surface area contributed by atoms with Crippen molar-refractivity contribution in [2.75, 3.05) is 18.5 Å². The molecule has 0 spiro atoms. The Kier molecular flexibility index (Phi) is 7.51. The molecular weight excluding hydrogens is 478 g/mol. The first kappa shape index (κ1) is 23.0. The molecule has 3 rings (SSSR count). The van der Waals surface area contributed by atoms with E-state index in [2.05, 4.69) is 21.2 Å². The van der Waals surface area contributed by atoms with E-state index in [-0.39, 0.29) is 19.1 Å². The van der Waals surface area contributed by atoms with Crippen LogP contribution in [0.4, 0.5) is 5.00 Å². The van der Waals surface area contributed by atoms with Crippen LogP contribution in [0.2, 0.25) is 0 Å². The summed E-state index contributed by atoms with van der Waals surface area (Å²) >= 11 is 4.74. The van der Waals surface area contributed by atoms with Gasteiger partial charge in [-0.3, -0.25) is 4.79 Å². The second-order valence-corrected chi connectivity index (χ2v) is 8.85. The lowest BCUT2D eigenvalue weighted by Crippen LogP contribution is -2.21. The van der Waals surface area contributed by atoms with Gasteiger partial charge in [-0.05, 0) is 68.1 Å². The Morgan fingerprint density at radius 3 is 2.48 bits per heavy atom. The molecule has 0 fully saturated rings. The van der Waals surface area contributed by atoms with Crippen LogP contribution >= 0.6 is 27.3 Å². The molecule has 31 heavy (non-hydrogen) atoms. The molecule has 7 heteroatoms. The Labute approximate surface area is 194 Å². The van der Waals surface area contributed by atoms with Gasteiger partial charge in [0.25, 0.3) is 5.91 Å². The van der Waals surface area contributed by atoms with Crippen molar-refractivity contribution in [1.29, 1.82) is 0 Å². The van der Waals surface area contributed by atoms with Crippen molar-refractivity contribution in [2.45, 2.75) is 27.7 Å². The van der Waals surface area contributed by atoms with E-state index in [4.69, 9.17) is 9.47 Å². The number of hydrogen-bond acceptors (Lipinski definition) is 5. The molecule has 162 valence electrons. The fraction of sp³-hybridized carbons (Fsp3) is 0.250. The van der Waals surface area contributed by atoms with E-state index in [0.717, 1.165) is 26.7 Å². The van der Waals surface area contributed by atoms with Crippen molar-refractivity contribution in [3.05, 3.63) is 68.5 Å². The van der Waals surface area contributed by atoms with Crippen LogP contribution in [0.5, 0.6) is 5.75 Å². The minimum Gasteiger partial charge on any atom is -0.484 e. The van der Waals surface area contributed by atoms with Crippen LogP contribution in [0.25, 0.3) is 11.1 Å². The minimum absolute atomic E-state index is 0.166. The third-order valence-electron chi connectivity index (χ3n) is 4.84. The molecule has 1 aromatic heterocycles. The van der Waals surface area contributed by atoms with Crippen LogP contribution in [0.15, 0.2) is 46.3 Å². The van der Waals surface area contributed by atoms with Gasteiger partial charge >= 0.3 is 5.97 Å². The maximum absolute atomic E-state index is 12.7. The zero-order valence-corrected chi connectivity index (χ0v) is 20.3. The third-order valence-corrected chi connectivity index (χ3v) is 6.63. The number of hydrogen-bond donors (Lipinski definition) is 1. The van der Waals surface area contributed by atoms with Gasteiger partial charge in [0.15, 0.2) is 6.61 Å². The lowest BCUT2D eigenvalue weighted by Gasteiger charge is -2.11. The van der Waals surface area contributed by atoms with E-state index >= 15 is 0 Å². The van der Waals surface area contributed by atoms with Crippen LogP contribution in [0, 0.1) is 20.8 Å². The predicted molar refractivity (Wildman–Crippen MR) is 128 cm³/mol. The molecule has 1 heterocycles. The van der Waals surface area contributed by atoms with Gasteiger partial charge in [0.2, 0.25) is 0 Å². The number of nitrogens with one attached hydrogen (secondary N) is 1. The highest BCUT2D eigenvalue weighted by Crippen LogP contribution is 2.37. The topological polar surface area (TPSA) is 64.6 Å². The first-order valence-corrected chi connectivity index (χ1v) is 11.5. The second-order valence-electron chi connectivity index (χ2n) is 7.12. The summed E-state index contributed by atoms with van der Waals surface area (Å²) in [5.41, 5.74) is 5.32. The molecule has 0 aliphatic carbocycles. The summed E-state index contributed by atoms with van der Waals surface area (Å²) in [6, 6.07) is 11.5. The molecule has 1 amide bonds. The number of benzene rings is 2. The number of carbonyl (C=O) groups excluding carboxylic acids is 2. The Balaban J connectivity index is 1.82. The standard InChI is InChI=1S/C24H24BrNO4S/c1-5-29-24(28)22-19(17-7-6-14(2)15(3)10-17)13-31-23(22)26-21(27)12-30-18-8-9-20(25)16(4)11-18/h6-11,13H,5,12H2,1-4H3,(H,26,27). The van der Waals surface area contributed by atoms with Gasteiger partial charge in [-0.25, -0.2) is 4.79 Å². The molecule has 0 atom stereocenters. The van der Waals surface area contributed by atoms with Crippen LogP contribution in [-0.2, 0) is 9.53 Å². The first-order chi connectivity index (χ1) is 14.8. The predicted octanol–water partition coefficient (Wildman–Crippen LogP) is 6.30. The molecule has 0 aliphatic rings. The van der Waals surface area contributed by atoms with Crippen molar-refractivity contribution >= 4 is 44.1 Å². The molecule has 1 N–H and O–H groups in total. The van der Waals surface area contributed by atoms with Crippen LogP contribution < -0.4 is 10.1 Å². The van der Waals surface area contributed by atoms with Gasteiger partial charge < -0.3 is 14.8 Å². The van der Waals surface area contributed by atoms with Gasteiger partial charge in [0.05, 0.1) is 6.61 Å². The lowest BCUT2D eigenvalue weighted by atomic mass is 9.99. The molecule has 0 aliphatic heterocycles. The quantitative estimate of drug-likeness (QED) is 0.386. The van der Waals surface area contributed by atoms with Gasteiger partial charge in [-0.15, -0.1) is 11.3 Å². The first-order valence-electron chi connectivity index (χ1n) is 9.85. The summed E-state index contributed by atoms with van der Waals surface area (Å²) in [5, 5.41) is 5.12. The Hall–Kier alpha value is -2.64. The van der Waals surface area contributed by atoms with Crippen molar-refractivity contribution in [3.8, 4) is 16.9 Å². The van der Waals surface area contributed by atoms with E-state index in [1.807, 2.05) is 56.5 Å². The van der Waals surface area contributed by atoms with E-state index in [9.17, 15) is 9.59 Å². The number of rotatable bonds is 7. The van der Waals surface area contributed by atoms with Crippen LogP contribution in [0.1, 0.15) is 34.0 Å². The SMILES string of the molecule is CCOC(=O)c1c(-c2ccc(C)c(C)c2)csc1NC(=O)COc1ccc(Br)c(C)c1. The van der Waals surface area contributed by atoms with Crippen molar-refractivity contribution in [2.24, 2.45) is 0 Å². The van der Waals surface area contributed by atoms with Gasteiger partial charge in [-0.2, -0.15) is 0 Å². The summed E-state index contributed by atoms with van der Waals surface area (Å²) in [5.74, 6) is -0.209. The Morgan fingerprint density at radius 1 is 1.03 bits per heavy atom. The smallest absolute Gasteiger partial charge is 0.341 e. The second kappa shape index (κ2) is 10.1. The maximum Gasteiger partial charge on any atom is 0.341 e. The van der Waals surface area contributed by atoms with Crippen LogP contribution in [0.3, 0.4) is 0 Å². The minimum atomic E-state index is -0.461. The maximum atomic E-state index is 12.7. The number of esters is 1. The average molecular weight is 502 g/mol. The fourth-order valence-corrected chi connectivity index (χ4v) is 4.22. The molecule has 0 unspecified atom stereocenters. The number of ether oxygens (including phenoxy) is 2. The monoisotopic (exact) mass is 501 g/mol. The number of carbonyl (C=O) groups is 2. The lowest BCUT2D eigenvalue weighted by molar-refractivity contribution is -0.118. The van der Waals surface area contributed by atoms with Crippen molar-refractivity contribution < 1.29 is 19.1 Å². The van der Waals surface area contributed by atoms with E-state index in [1.54, 1.807) is 13.0 Å².